The smallest absolute Gasteiger partial charge is 0.135 e. The van der Waals surface area contributed by atoms with Crippen LogP contribution in [0.2, 0.25) is 0 Å². The summed E-state index contributed by atoms with van der Waals surface area (Å²) < 4.78 is 7.27. The normalized spacial score (nSPS) is 10.5. The zero-order valence-corrected chi connectivity index (χ0v) is 11.9. The third-order valence-corrected chi connectivity index (χ3v) is 3.32. The molecule has 0 radical (unpaired) electrons. The maximum absolute atomic E-state index is 11.3. The number of aromatic nitrogens is 1. The van der Waals surface area contributed by atoms with Crippen molar-refractivity contribution in [3.05, 3.63) is 41.6 Å². The number of ether oxygens (including phenoxy) is 1. The molecule has 1 heterocycles. The molecular weight excluding hydrogens is 238 g/mol. The van der Waals surface area contributed by atoms with Crippen LogP contribution >= 0.6 is 0 Å². The van der Waals surface area contributed by atoms with E-state index < -0.39 is 0 Å². The summed E-state index contributed by atoms with van der Waals surface area (Å²) in [5.41, 5.74) is 4.52. The van der Waals surface area contributed by atoms with Gasteiger partial charge in [-0.3, -0.25) is 4.79 Å². The van der Waals surface area contributed by atoms with Gasteiger partial charge in [-0.15, -0.1) is 0 Å². The van der Waals surface area contributed by atoms with Gasteiger partial charge in [-0.2, -0.15) is 0 Å². The Balaban J connectivity index is 2.43. The molecule has 0 fully saturated rings. The minimum atomic E-state index is 0.182. The van der Waals surface area contributed by atoms with Crippen molar-refractivity contribution < 1.29 is 9.53 Å². The van der Waals surface area contributed by atoms with Gasteiger partial charge < -0.3 is 9.30 Å². The van der Waals surface area contributed by atoms with E-state index >= 15 is 0 Å². The molecule has 2 rings (SSSR count). The Morgan fingerprint density at radius 2 is 1.89 bits per heavy atom. The number of carbonyl (C=O) groups is 1. The Kier molecular flexibility index (Phi) is 3.74. The standard InChI is InChI=1S/C16H19NO2/c1-11-9-14(10-12(2)18)17(3)16(11)13-5-7-15(19-4)8-6-13/h5-9H,10H2,1-4H3. The number of hydrogen-bond donors (Lipinski definition) is 0. The zero-order valence-electron chi connectivity index (χ0n) is 11.9. The van der Waals surface area contributed by atoms with Crippen LogP contribution in [0.5, 0.6) is 5.75 Å². The minimum Gasteiger partial charge on any atom is -0.497 e. The Morgan fingerprint density at radius 1 is 1.26 bits per heavy atom. The Bertz CT molecular complexity index is 594. The number of hydrogen-bond acceptors (Lipinski definition) is 2. The molecule has 0 aliphatic carbocycles. The quantitative estimate of drug-likeness (QED) is 0.842. The van der Waals surface area contributed by atoms with Crippen molar-refractivity contribution in [1.29, 1.82) is 0 Å². The highest BCUT2D eigenvalue weighted by molar-refractivity contribution is 5.78. The summed E-state index contributed by atoms with van der Waals surface area (Å²) in [5, 5.41) is 0. The lowest BCUT2D eigenvalue weighted by atomic mass is 10.1. The largest absolute Gasteiger partial charge is 0.497 e. The number of nitrogens with zero attached hydrogens (tertiary/aromatic N) is 1. The molecule has 0 saturated carbocycles. The van der Waals surface area contributed by atoms with Gasteiger partial charge >= 0.3 is 0 Å². The molecule has 0 unspecified atom stereocenters. The highest BCUT2D eigenvalue weighted by atomic mass is 16.5. The number of rotatable bonds is 4. The zero-order chi connectivity index (χ0) is 14.0. The first-order valence-electron chi connectivity index (χ1n) is 6.32. The fourth-order valence-corrected chi connectivity index (χ4v) is 2.42. The second kappa shape index (κ2) is 5.31. The van der Waals surface area contributed by atoms with Gasteiger partial charge in [0.15, 0.2) is 0 Å². The average Bonchev–Trinajstić information content (AvgIpc) is 2.64. The van der Waals surface area contributed by atoms with E-state index in [1.165, 1.54) is 5.56 Å². The lowest BCUT2D eigenvalue weighted by Gasteiger charge is -2.09. The van der Waals surface area contributed by atoms with E-state index in [4.69, 9.17) is 4.74 Å². The topological polar surface area (TPSA) is 31.2 Å². The van der Waals surface area contributed by atoms with Crippen LogP contribution in [-0.2, 0) is 18.3 Å². The van der Waals surface area contributed by atoms with E-state index in [1.807, 2.05) is 31.3 Å². The van der Waals surface area contributed by atoms with Crippen LogP contribution in [0.25, 0.3) is 11.3 Å². The summed E-state index contributed by atoms with van der Waals surface area (Å²) in [4.78, 5) is 11.3. The van der Waals surface area contributed by atoms with E-state index in [0.29, 0.717) is 6.42 Å². The fraction of sp³-hybridized carbons (Fsp3) is 0.312. The van der Waals surface area contributed by atoms with Gasteiger partial charge in [-0.1, -0.05) is 0 Å². The van der Waals surface area contributed by atoms with Crippen molar-refractivity contribution in [2.24, 2.45) is 7.05 Å². The molecule has 0 atom stereocenters. The summed E-state index contributed by atoms with van der Waals surface area (Å²) in [6.45, 7) is 3.69. The first-order valence-corrected chi connectivity index (χ1v) is 6.32. The monoisotopic (exact) mass is 257 g/mol. The van der Waals surface area contributed by atoms with Crippen molar-refractivity contribution >= 4 is 5.78 Å². The van der Waals surface area contributed by atoms with Crippen molar-refractivity contribution in [3.8, 4) is 17.0 Å². The van der Waals surface area contributed by atoms with E-state index in [2.05, 4.69) is 17.6 Å². The number of benzene rings is 1. The van der Waals surface area contributed by atoms with Crippen molar-refractivity contribution in [2.75, 3.05) is 7.11 Å². The van der Waals surface area contributed by atoms with Crippen LogP contribution < -0.4 is 4.74 Å². The average molecular weight is 257 g/mol. The van der Waals surface area contributed by atoms with E-state index in [-0.39, 0.29) is 5.78 Å². The molecule has 19 heavy (non-hydrogen) atoms. The molecule has 1 aromatic carbocycles. The van der Waals surface area contributed by atoms with Gasteiger partial charge in [0.2, 0.25) is 0 Å². The Labute approximate surface area is 113 Å². The third-order valence-electron chi connectivity index (χ3n) is 3.32. The van der Waals surface area contributed by atoms with Crippen molar-refractivity contribution in [3.63, 3.8) is 0 Å². The SMILES string of the molecule is COc1ccc(-c2c(C)cc(CC(C)=O)n2C)cc1. The Morgan fingerprint density at radius 3 is 2.42 bits per heavy atom. The number of methoxy groups -OCH3 is 1. The lowest BCUT2D eigenvalue weighted by Crippen LogP contribution is -2.03. The molecule has 3 heteroatoms. The number of aryl methyl sites for hydroxylation is 1. The summed E-state index contributed by atoms with van der Waals surface area (Å²) in [6, 6.07) is 10.1. The molecule has 3 nitrogen and oxygen atoms in total. The molecule has 0 saturated heterocycles. The van der Waals surface area contributed by atoms with Crippen LogP contribution in [0, 0.1) is 6.92 Å². The van der Waals surface area contributed by atoms with Crippen LogP contribution in [0.3, 0.4) is 0 Å². The molecule has 1 aromatic heterocycles. The summed E-state index contributed by atoms with van der Waals surface area (Å²) in [7, 11) is 3.67. The molecule has 2 aromatic rings. The van der Waals surface area contributed by atoms with E-state index in [1.54, 1.807) is 14.0 Å². The summed E-state index contributed by atoms with van der Waals surface area (Å²) >= 11 is 0. The molecule has 0 N–H and O–H groups in total. The first kappa shape index (κ1) is 13.4. The number of carbonyl (C=O) groups excluding carboxylic acids is 1. The van der Waals surface area contributed by atoms with Crippen LogP contribution in [0.4, 0.5) is 0 Å². The van der Waals surface area contributed by atoms with Crippen molar-refractivity contribution in [2.45, 2.75) is 20.3 Å². The summed E-state index contributed by atoms with van der Waals surface area (Å²) in [5.74, 6) is 1.03. The van der Waals surface area contributed by atoms with Gasteiger partial charge in [-0.05, 0) is 55.3 Å². The molecule has 0 aliphatic heterocycles. The molecular formula is C16H19NO2. The second-order valence-corrected chi connectivity index (χ2v) is 4.83. The lowest BCUT2D eigenvalue weighted by molar-refractivity contribution is -0.116. The molecule has 0 aliphatic rings. The number of ketones is 1. The van der Waals surface area contributed by atoms with Gasteiger partial charge in [0.25, 0.3) is 0 Å². The fourth-order valence-electron chi connectivity index (χ4n) is 2.42. The highest BCUT2D eigenvalue weighted by Gasteiger charge is 2.12. The summed E-state index contributed by atoms with van der Waals surface area (Å²) in [6.07, 6.45) is 0.480. The highest BCUT2D eigenvalue weighted by Crippen LogP contribution is 2.28. The van der Waals surface area contributed by atoms with Gasteiger partial charge in [0.1, 0.15) is 11.5 Å². The van der Waals surface area contributed by atoms with Crippen molar-refractivity contribution in [1.82, 2.24) is 4.57 Å². The molecule has 0 spiro atoms. The van der Waals surface area contributed by atoms with E-state index in [9.17, 15) is 4.79 Å². The predicted octanol–water partition coefficient (Wildman–Crippen LogP) is 3.14. The molecule has 100 valence electrons. The molecule has 0 bridgehead atoms. The van der Waals surface area contributed by atoms with Crippen LogP contribution in [0.1, 0.15) is 18.2 Å². The maximum atomic E-state index is 11.3. The second-order valence-electron chi connectivity index (χ2n) is 4.83. The Hall–Kier alpha value is -2.03. The van der Waals surface area contributed by atoms with E-state index in [0.717, 1.165) is 22.7 Å². The van der Waals surface area contributed by atoms with Gasteiger partial charge in [-0.25, -0.2) is 0 Å². The first-order chi connectivity index (χ1) is 9.02. The van der Waals surface area contributed by atoms with Crippen LogP contribution in [-0.4, -0.2) is 17.5 Å². The number of Topliss-reactive ketones (excluding diaryl/α,β-unsaturated/α-hetero) is 1. The van der Waals surface area contributed by atoms with Crippen LogP contribution in [0.15, 0.2) is 30.3 Å². The van der Waals surface area contributed by atoms with Gasteiger partial charge in [0, 0.05) is 19.2 Å². The predicted molar refractivity (Wildman–Crippen MR) is 76.5 cm³/mol. The van der Waals surface area contributed by atoms with Gasteiger partial charge in [0.05, 0.1) is 12.8 Å². The third kappa shape index (κ3) is 2.70. The maximum Gasteiger partial charge on any atom is 0.135 e. The molecule has 0 amide bonds. The minimum absolute atomic E-state index is 0.182.